The highest BCUT2D eigenvalue weighted by Crippen LogP contribution is 2.30. The number of hydrogen-bond donors (Lipinski definition) is 1. The monoisotopic (exact) mass is 371 g/mol. The number of nitrogens with zero attached hydrogens (tertiary/aromatic N) is 2. The fourth-order valence-electron chi connectivity index (χ4n) is 3.30. The lowest BCUT2D eigenvalue weighted by Gasteiger charge is -2.36. The smallest absolute Gasteiger partial charge is 0.317 e. The molecule has 0 unspecified atom stereocenters. The molecule has 0 aromatic heterocycles. The Morgan fingerprint density at radius 3 is 2.48 bits per heavy atom. The van der Waals surface area contributed by atoms with Crippen LogP contribution < -0.4 is 19.7 Å². The number of urea groups is 1. The topological polar surface area (TPSA) is 54.0 Å². The van der Waals surface area contributed by atoms with Gasteiger partial charge in [-0.05, 0) is 36.4 Å². The van der Waals surface area contributed by atoms with E-state index in [1.165, 1.54) is 12.1 Å². The SMILES string of the molecule is O=C(NC[C@H]1COc2ccccc2O1)N1CCN(c2ccc(F)cc2)CC1. The molecule has 2 aromatic carbocycles. The van der Waals surface area contributed by atoms with E-state index < -0.39 is 0 Å². The molecule has 0 spiro atoms. The molecule has 2 aromatic rings. The Morgan fingerprint density at radius 1 is 1.04 bits per heavy atom. The van der Waals surface area contributed by atoms with E-state index in [9.17, 15) is 9.18 Å². The third kappa shape index (κ3) is 4.07. The van der Waals surface area contributed by atoms with Crippen molar-refractivity contribution in [1.82, 2.24) is 10.2 Å². The first kappa shape index (κ1) is 17.5. The molecule has 2 aliphatic rings. The van der Waals surface area contributed by atoms with Crippen LogP contribution in [0.25, 0.3) is 0 Å². The molecule has 2 amide bonds. The zero-order chi connectivity index (χ0) is 18.6. The predicted octanol–water partition coefficient (Wildman–Crippen LogP) is 2.50. The van der Waals surface area contributed by atoms with E-state index in [1.54, 1.807) is 17.0 Å². The molecule has 6 nitrogen and oxygen atoms in total. The Hall–Kier alpha value is -2.96. The minimum absolute atomic E-state index is 0.101. The summed E-state index contributed by atoms with van der Waals surface area (Å²) in [6.07, 6.45) is -0.204. The maximum atomic E-state index is 13.0. The summed E-state index contributed by atoms with van der Waals surface area (Å²) in [4.78, 5) is 16.4. The number of halogens is 1. The summed E-state index contributed by atoms with van der Waals surface area (Å²) in [5.41, 5.74) is 0.975. The van der Waals surface area contributed by atoms with Crippen molar-refractivity contribution in [3.63, 3.8) is 0 Å². The van der Waals surface area contributed by atoms with E-state index in [0.717, 1.165) is 24.5 Å². The molecule has 0 bridgehead atoms. The van der Waals surface area contributed by atoms with E-state index in [0.29, 0.717) is 32.0 Å². The van der Waals surface area contributed by atoms with Gasteiger partial charge in [-0.2, -0.15) is 0 Å². The lowest BCUT2D eigenvalue weighted by molar-refractivity contribution is 0.0900. The largest absolute Gasteiger partial charge is 0.486 e. The first-order chi connectivity index (χ1) is 13.2. The molecular formula is C20H22FN3O3. The molecule has 1 fully saturated rings. The first-order valence-corrected chi connectivity index (χ1v) is 9.11. The Balaban J connectivity index is 1.24. The molecule has 0 saturated carbocycles. The number of para-hydroxylation sites is 2. The van der Waals surface area contributed by atoms with Gasteiger partial charge in [-0.25, -0.2) is 9.18 Å². The van der Waals surface area contributed by atoms with Crippen molar-refractivity contribution in [3.05, 3.63) is 54.3 Å². The number of piperazine rings is 1. The molecular weight excluding hydrogens is 349 g/mol. The summed E-state index contributed by atoms with van der Waals surface area (Å²) < 4.78 is 24.6. The highest BCUT2D eigenvalue weighted by Gasteiger charge is 2.24. The second kappa shape index (κ2) is 7.73. The number of nitrogens with one attached hydrogen (secondary N) is 1. The Labute approximate surface area is 157 Å². The van der Waals surface area contributed by atoms with Gasteiger partial charge in [-0.3, -0.25) is 0 Å². The van der Waals surface area contributed by atoms with Crippen LogP contribution in [-0.2, 0) is 0 Å². The van der Waals surface area contributed by atoms with Crippen LogP contribution in [0.2, 0.25) is 0 Å². The van der Waals surface area contributed by atoms with Crippen molar-refractivity contribution in [2.24, 2.45) is 0 Å². The third-order valence-corrected chi connectivity index (χ3v) is 4.81. The quantitative estimate of drug-likeness (QED) is 0.901. The van der Waals surface area contributed by atoms with E-state index in [4.69, 9.17) is 9.47 Å². The standard InChI is InChI=1S/C20H22FN3O3/c21-15-5-7-16(8-6-15)23-9-11-24(12-10-23)20(25)22-13-17-14-26-18-3-1-2-4-19(18)27-17/h1-8,17H,9-14H2,(H,22,25)/t17-/m0/s1. The van der Waals surface area contributed by atoms with E-state index in [1.807, 2.05) is 24.3 Å². The van der Waals surface area contributed by atoms with Crippen LogP contribution in [0.3, 0.4) is 0 Å². The number of anilines is 1. The molecule has 0 radical (unpaired) electrons. The second-order valence-corrected chi connectivity index (χ2v) is 6.63. The molecule has 2 heterocycles. The predicted molar refractivity (Wildman–Crippen MR) is 99.9 cm³/mol. The number of benzene rings is 2. The Bertz CT molecular complexity index is 791. The normalized spacial score (nSPS) is 18.9. The number of carbonyl (C=O) groups is 1. The first-order valence-electron chi connectivity index (χ1n) is 9.11. The van der Waals surface area contributed by atoms with Crippen molar-refractivity contribution in [2.75, 3.05) is 44.2 Å². The average Bonchev–Trinajstić information content (AvgIpc) is 2.72. The van der Waals surface area contributed by atoms with Gasteiger partial charge >= 0.3 is 6.03 Å². The van der Waals surface area contributed by atoms with Crippen LogP contribution in [0.15, 0.2) is 48.5 Å². The van der Waals surface area contributed by atoms with Crippen molar-refractivity contribution in [2.45, 2.75) is 6.10 Å². The number of hydrogen-bond acceptors (Lipinski definition) is 4. The summed E-state index contributed by atoms with van der Waals surface area (Å²) in [5, 5.41) is 2.93. The fraction of sp³-hybridized carbons (Fsp3) is 0.350. The van der Waals surface area contributed by atoms with Crippen molar-refractivity contribution in [3.8, 4) is 11.5 Å². The lowest BCUT2D eigenvalue weighted by atomic mass is 10.2. The molecule has 1 N–H and O–H groups in total. The van der Waals surface area contributed by atoms with Crippen LogP contribution >= 0.6 is 0 Å². The Kier molecular flexibility index (Phi) is 5.00. The van der Waals surface area contributed by atoms with Crippen LogP contribution in [0.1, 0.15) is 0 Å². The van der Waals surface area contributed by atoms with Gasteiger partial charge in [0.05, 0.1) is 6.54 Å². The van der Waals surface area contributed by atoms with Crippen LogP contribution in [0.4, 0.5) is 14.9 Å². The van der Waals surface area contributed by atoms with Crippen LogP contribution in [0.5, 0.6) is 11.5 Å². The van der Waals surface area contributed by atoms with Gasteiger partial charge in [0.15, 0.2) is 17.6 Å². The number of amides is 2. The van der Waals surface area contributed by atoms with Gasteiger partial charge in [0.1, 0.15) is 12.4 Å². The van der Waals surface area contributed by atoms with Gasteiger partial charge in [-0.1, -0.05) is 12.1 Å². The highest BCUT2D eigenvalue weighted by molar-refractivity contribution is 5.74. The summed E-state index contributed by atoms with van der Waals surface area (Å²) in [7, 11) is 0. The fourth-order valence-corrected chi connectivity index (χ4v) is 3.30. The van der Waals surface area contributed by atoms with Gasteiger partial charge in [0, 0.05) is 31.9 Å². The zero-order valence-corrected chi connectivity index (χ0v) is 14.9. The minimum atomic E-state index is -0.242. The van der Waals surface area contributed by atoms with E-state index >= 15 is 0 Å². The van der Waals surface area contributed by atoms with Crippen molar-refractivity contribution in [1.29, 1.82) is 0 Å². The summed E-state index contributed by atoms with van der Waals surface area (Å²) in [6, 6.07) is 13.9. The van der Waals surface area contributed by atoms with E-state index in [-0.39, 0.29) is 18.0 Å². The number of fused-ring (bicyclic) bond motifs is 1. The summed E-state index contributed by atoms with van der Waals surface area (Å²) in [6.45, 7) is 3.48. The van der Waals surface area contributed by atoms with Crippen molar-refractivity contribution >= 4 is 11.7 Å². The van der Waals surface area contributed by atoms with Crippen LogP contribution in [0, 0.1) is 5.82 Å². The number of carbonyl (C=O) groups excluding carboxylic acids is 1. The molecule has 0 aliphatic carbocycles. The maximum Gasteiger partial charge on any atom is 0.317 e. The third-order valence-electron chi connectivity index (χ3n) is 4.81. The Morgan fingerprint density at radius 2 is 1.74 bits per heavy atom. The lowest BCUT2D eigenvalue weighted by Crippen LogP contribution is -2.53. The van der Waals surface area contributed by atoms with Gasteiger partial charge in [-0.15, -0.1) is 0 Å². The maximum absolute atomic E-state index is 13.0. The van der Waals surface area contributed by atoms with E-state index in [2.05, 4.69) is 10.2 Å². The highest BCUT2D eigenvalue weighted by atomic mass is 19.1. The molecule has 1 atom stereocenters. The second-order valence-electron chi connectivity index (χ2n) is 6.63. The number of ether oxygens (including phenoxy) is 2. The molecule has 142 valence electrons. The molecule has 7 heteroatoms. The molecule has 2 aliphatic heterocycles. The summed E-state index contributed by atoms with van der Waals surface area (Å²) in [5.74, 6) is 1.20. The average molecular weight is 371 g/mol. The van der Waals surface area contributed by atoms with Crippen molar-refractivity contribution < 1.29 is 18.7 Å². The van der Waals surface area contributed by atoms with Gasteiger partial charge in [0.2, 0.25) is 0 Å². The van der Waals surface area contributed by atoms with Gasteiger partial charge < -0.3 is 24.6 Å². The summed E-state index contributed by atoms with van der Waals surface area (Å²) >= 11 is 0. The molecule has 1 saturated heterocycles. The zero-order valence-electron chi connectivity index (χ0n) is 14.9. The van der Waals surface area contributed by atoms with Gasteiger partial charge in [0.25, 0.3) is 0 Å². The molecule has 4 rings (SSSR count). The minimum Gasteiger partial charge on any atom is -0.486 e. The number of rotatable bonds is 3. The van der Waals surface area contributed by atoms with Crippen LogP contribution in [-0.4, -0.2) is 56.4 Å². The molecule has 27 heavy (non-hydrogen) atoms.